The third-order valence-electron chi connectivity index (χ3n) is 1.26. The summed E-state index contributed by atoms with van der Waals surface area (Å²) in [6.45, 7) is 0. The molecule has 12 heavy (non-hydrogen) atoms. The topological polar surface area (TPSA) is 55.1 Å². The molecule has 0 aliphatic rings. The molecule has 0 saturated heterocycles. The van der Waals surface area contributed by atoms with Crippen LogP contribution in [0.15, 0.2) is 30.3 Å². The Kier molecular flexibility index (Phi) is 2.76. The quantitative estimate of drug-likeness (QED) is 0.632. The summed E-state index contributed by atoms with van der Waals surface area (Å²) in [6.07, 6.45) is 0. The Hall–Kier alpha value is -1.42. The van der Waals surface area contributed by atoms with E-state index in [4.69, 9.17) is 5.73 Å². The first-order valence-electron chi connectivity index (χ1n) is 3.36. The molecule has 0 spiro atoms. The highest BCUT2D eigenvalue weighted by atomic mass is 32.1. The first-order chi connectivity index (χ1) is 5.70. The zero-order valence-corrected chi connectivity index (χ0v) is 7.10. The Morgan fingerprint density at radius 2 is 1.92 bits per heavy atom. The number of carbonyl (C=O) groups excluding carboxylic acids is 1. The van der Waals surface area contributed by atoms with Crippen molar-refractivity contribution in [3.8, 4) is 0 Å². The van der Waals surface area contributed by atoms with Gasteiger partial charge in [-0.05, 0) is 12.1 Å². The van der Waals surface area contributed by atoms with Crippen LogP contribution >= 0.6 is 12.2 Å². The smallest absolute Gasteiger partial charge is 0.276 e. The highest BCUT2D eigenvalue weighted by molar-refractivity contribution is 7.82. The number of hydrogen-bond donors (Lipinski definition) is 2. The van der Waals surface area contributed by atoms with E-state index < -0.39 is 5.91 Å². The van der Waals surface area contributed by atoms with Gasteiger partial charge in [-0.25, -0.2) is 0 Å². The number of hydrogen-bond acceptors (Lipinski definition) is 2. The number of primary amides is 1. The summed E-state index contributed by atoms with van der Waals surface area (Å²) in [5.41, 5.74) is 5.71. The van der Waals surface area contributed by atoms with Crippen molar-refractivity contribution in [3.05, 3.63) is 30.3 Å². The molecule has 0 heterocycles. The summed E-state index contributed by atoms with van der Waals surface area (Å²) >= 11 is 4.67. The molecule has 1 aromatic rings. The minimum Gasteiger partial charge on any atom is -0.364 e. The molecule has 0 aliphatic heterocycles. The van der Waals surface area contributed by atoms with Crippen molar-refractivity contribution in [2.75, 3.05) is 5.32 Å². The van der Waals surface area contributed by atoms with Gasteiger partial charge in [-0.15, -0.1) is 0 Å². The van der Waals surface area contributed by atoms with Crippen molar-refractivity contribution in [3.63, 3.8) is 0 Å². The van der Waals surface area contributed by atoms with E-state index in [2.05, 4.69) is 17.5 Å². The van der Waals surface area contributed by atoms with Gasteiger partial charge in [0.1, 0.15) is 0 Å². The lowest BCUT2D eigenvalue weighted by atomic mass is 10.3. The maximum atomic E-state index is 10.5. The second-order valence-corrected chi connectivity index (χ2v) is 2.59. The lowest BCUT2D eigenvalue weighted by Gasteiger charge is -2.02. The van der Waals surface area contributed by atoms with E-state index in [9.17, 15) is 4.79 Å². The highest BCUT2D eigenvalue weighted by Gasteiger charge is 2.01. The monoisotopic (exact) mass is 180 g/mol. The van der Waals surface area contributed by atoms with Gasteiger partial charge >= 0.3 is 0 Å². The zero-order chi connectivity index (χ0) is 8.97. The molecule has 0 radical (unpaired) electrons. The zero-order valence-electron chi connectivity index (χ0n) is 6.28. The van der Waals surface area contributed by atoms with Gasteiger partial charge in [0.2, 0.25) is 0 Å². The first-order valence-corrected chi connectivity index (χ1v) is 3.77. The Balaban J connectivity index is 2.65. The Morgan fingerprint density at radius 1 is 1.33 bits per heavy atom. The summed E-state index contributed by atoms with van der Waals surface area (Å²) in [6, 6.07) is 9.15. The number of anilines is 1. The van der Waals surface area contributed by atoms with E-state index in [0.717, 1.165) is 5.69 Å². The fraction of sp³-hybridized carbons (Fsp3) is 0. The molecule has 0 unspecified atom stereocenters. The highest BCUT2D eigenvalue weighted by Crippen LogP contribution is 2.04. The molecule has 3 nitrogen and oxygen atoms in total. The first kappa shape index (κ1) is 8.67. The summed E-state index contributed by atoms with van der Waals surface area (Å²) in [4.78, 5) is 10.6. The molecule has 62 valence electrons. The molecule has 0 aromatic heterocycles. The third-order valence-corrected chi connectivity index (χ3v) is 1.56. The van der Waals surface area contributed by atoms with Crippen molar-refractivity contribution in [1.29, 1.82) is 0 Å². The van der Waals surface area contributed by atoms with Crippen molar-refractivity contribution in [2.24, 2.45) is 5.73 Å². The molecule has 4 heteroatoms. The largest absolute Gasteiger partial charge is 0.364 e. The standard InChI is InChI=1S/C8H8N2OS/c9-7(11)8(12)10-6-4-2-1-3-5-6/h1-5H,(H2,9,11)(H,10,12). The number of para-hydroxylation sites is 1. The predicted molar refractivity (Wildman–Crippen MR) is 51.9 cm³/mol. The van der Waals surface area contributed by atoms with Gasteiger partial charge in [-0.2, -0.15) is 0 Å². The van der Waals surface area contributed by atoms with E-state index in [1.807, 2.05) is 18.2 Å². The van der Waals surface area contributed by atoms with Crippen LogP contribution in [0.25, 0.3) is 0 Å². The lowest BCUT2D eigenvalue weighted by Crippen LogP contribution is -2.27. The van der Waals surface area contributed by atoms with Gasteiger partial charge in [0.25, 0.3) is 5.91 Å². The average Bonchev–Trinajstić information content (AvgIpc) is 2.06. The normalized spacial score (nSPS) is 9.00. The van der Waals surface area contributed by atoms with Crippen LogP contribution in [-0.2, 0) is 4.79 Å². The van der Waals surface area contributed by atoms with E-state index >= 15 is 0 Å². The minimum absolute atomic E-state index is 0.0289. The van der Waals surface area contributed by atoms with Gasteiger partial charge in [-0.3, -0.25) is 4.79 Å². The van der Waals surface area contributed by atoms with Crippen molar-refractivity contribution in [2.45, 2.75) is 0 Å². The van der Waals surface area contributed by atoms with Crippen LogP contribution in [0, 0.1) is 0 Å². The molecule has 0 atom stereocenters. The maximum absolute atomic E-state index is 10.5. The van der Waals surface area contributed by atoms with Gasteiger partial charge in [0, 0.05) is 5.69 Å². The van der Waals surface area contributed by atoms with Crippen LogP contribution in [0.4, 0.5) is 5.69 Å². The SMILES string of the molecule is NC(=O)C(=S)Nc1ccccc1. The number of nitrogens with one attached hydrogen (secondary N) is 1. The lowest BCUT2D eigenvalue weighted by molar-refractivity contribution is -0.111. The summed E-state index contributed by atoms with van der Waals surface area (Å²) in [5.74, 6) is -0.617. The summed E-state index contributed by atoms with van der Waals surface area (Å²) in [7, 11) is 0. The van der Waals surface area contributed by atoms with Crippen LogP contribution in [0.3, 0.4) is 0 Å². The van der Waals surface area contributed by atoms with E-state index in [1.54, 1.807) is 12.1 Å². The number of nitrogens with two attached hydrogens (primary N) is 1. The third kappa shape index (κ3) is 2.32. The number of benzene rings is 1. The minimum atomic E-state index is -0.617. The van der Waals surface area contributed by atoms with Crippen molar-refractivity contribution < 1.29 is 4.79 Å². The second-order valence-electron chi connectivity index (χ2n) is 2.18. The summed E-state index contributed by atoms with van der Waals surface area (Å²) in [5, 5.41) is 2.70. The molecular formula is C8H8N2OS. The number of rotatable bonds is 1. The van der Waals surface area contributed by atoms with Crippen LogP contribution in [0.1, 0.15) is 0 Å². The maximum Gasteiger partial charge on any atom is 0.276 e. The Morgan fingerprint density at radius 3 is 2.42 bits per heavy atom. The average molecular weight is 180 g/mol. The molecular weight excluding hydrogens is 172 g/mol. The molecule has 1 rings (SSSR count). The molecule has 0 bridgehead atoms. The van der Waals surface area contributed by atoms with Crippen LogP contribution in [0.5, 0.6) is 0 Å². The molecule has 1 aromatic carbocycles. The van der Waals surface area contributed by atoms with E-state index in [0.29, 0.717) is 0 Å². The van der Waals surface area contributed by atoms with Crippen molar-refractivity contribution in [1.82, 2.24) is 0 Å². The fourth-order valence-corrected chi connectivity index (χ4v) is 0.832. The molecule has 3 N–H and O–H groups in total. The fourth-order valence-electron chi connectivity index (χ4n) is 0.714. The van der Waals surface area contributed by atoms with Gasteiger partial charge < -0.3 is 11.1 Å². The van der Waals surface area contributed by atoms with E-state index in [-0.39, 0.29) is 4.99 Å². The Bertz CT molecular complexity index is 297. The molecule has 0 saturated carbocycles. The van der Waals surface area contributed by atoms with E-state index in [1.165, 1.54) is 0 Å². The Labute approximate surface area is 75.6 Å². The molecule has 0 aliphatic carbocycles. The summed E-state index contributed by atoms with van der Waals surface area (Å²) < 4.78 is 0. The van der Waals surface area contributed by atoms with Gasteiger partial charge in [0.15, 0.2) is 4.99 Å². The molecule has 0 fully saturated rings. The van der Waals surface area contributed by atoms with Gasteiger partial charge in [0.05, 0.1) is 0 Å². The van der Waals surface area contributed by atoms with Crippen molar-refractivity contribution >= 4 is 28.8 Å². The van der Waals surface area contributed by atoms with Crippen LogP contribution in [-0.4, -0.2) is 10.9 Å². The molecule has 1 amide bonds. The number of carbonyl (C=O) groups is 1. The van der Waals surface area contributed by atoms with Crippen LogP contribution in [0.2, 0.25) is 0 Å². The number of amides is 1. The second kappa shape index (κ2) is 3.82. The van der Waals surface area contributed by atoms with Gasteiger partial charge in [-0.1, -0.05) is 30.4 Å². The number of thiocarbonyl (C=S) groups is 1. The van der Waals surface area contributed by atoms with Crippen LogP contribution < -0.4 is 11.1 Å². The predicted octanol–water partition coefficient (Wildman–Crippen LogP) is 0.911.